The van der Waals surface area contributed by atoms with Gasteiger partial charge in [-0.3, -0.25) is 48.2 Å². The molecule has 372 valence electrons. The minimum atomic E-state index is -5.22. The summed E-state index contributed by atoms with van der Waals surface area (Å²) in [6, 6.07) is 30.3. The normalized spacial score (nSPS) is 14.8. The Morgan fingerprint density at radius 1 is 0.425 bits per heavy atom. The van der Waals surface area contributed by atoms with Crippen molar-refractivity contribution in [1.82, 2.24) is 0 Å². The lowest BCUT2D eigenvalue weighted by Gasteiger charge is -2.20. The van der Waals surface area contributed by atoms with Crippen molar-refractivity contribution in [2.75, 3.05) is 26.8 Å². The van der Waals surface area contributed by atoms with Gasteiger partial charge in [0.2, 0.25) is 11.6 Å². The zero-order valence-electron chi connectivity index (χ0n) is 36.6. The van der Waals surface area contributed by atoms with Crippen LogP contribution in [0.5, 0.6) is 0 Å². The van der Waals surface area contributed by atoms with Crippen LogP contribution in [0.1, 0.15) is 52.6 Å². The number of fused-ring (bicyclic) bond motifs is 2. The summed E-state index contributed by atoms with van der Waals surface area (Å²) in [6.07, 6.45) is 1.50. The molecule has 0 bridgehead atoms. The fraction of sp³-hybridized carbons (Fsp3) is 0. The third-order valence-corrected chi connectivity index (χ3v) is 14.0. The number of allylic oxidation sites excluding steroid dienone is 2. The highest BCUT2D eigenvalue weighted by Gasteiger charge is 2.38. The molecule has 0 saturated carbocycles. The molecule has 73 heavy (non-hydrogen) atoms. The largest absolute Gasteiger partial charge is 0.356 e. The monoisotopic (exact) mass is 1070 g/mol. The molecule has 0 unspecified atom stereocenters. The molecular weight excluding hydrogens is 1030 g/mol. The van der Waals surface area contributed by atoms with Crippen molar-refractivity contribution >= 4 is 122 Å². The van der Waals surface area contributed by atoms with Crippen LogP contribution in [0.4, 0.5) is 34.1 Å². The van der Waals surface area contributed by atoms with E-state index in [0.717, 1.165) is 36.4 Å². The number of Topliss-reactive ketones (excluding diaryl/α,β-unsaturated/α-hetero) is 2. The summed E-state index contributed by atoms with van der Waals surface area (Å²) in [5, 5.41) is 15.8. The first-order chi connectivity index (χ1) is 34.3. The van der Waals surface area contributed by atoms with E-state index in [0.29, 0.717) is 11.4 Å². The third-order valence-electron chi connectivity index (χ3n) is 10.6. The van der Waals surface area contributed by atoms with Crippen LogP contribution in [0.25, 0.3) is 12.2 Å². The molecule has 6 aromatic carbocycles. The summed E-state index contributed by atoms with van der Waals surface area (Å²) in [5.74, 6) is -3.90. The number of carbonyl (C=O) groups is 4. The Labute approximate surface area is 414 Å². The molecule has 6 aromatic rings. The highest BCUT2D eigenvalue weighted by molar-refractivity contribution is 7.91. The average Bonchev–Trinajstić information content (AvgIpc) is 3.33. The van der Waals surface area contributed by atoms with E-state index in [1.165, 1.54) is 72.8 Å². The number of nitrogens with zero attached hydrogens (tertiary/aromatic N) is 2. The Morgan fingerprint density at radius 2 is 0.753 bits per heavy atom. The van der Waals surface area contributed by atoms with Crippen LogP contribution in [0.15, 0.2) is 163 Å². The Kier molecular flexibility index (Phi) is 13.6. The quantitative estimate of drug-likeness (QED) is 0.0432. The number of hydrogen-bond donors (Lipinski definition) is 9. The van der Waals surface area contributed by atoms with Gasteiger partial charge in [-0.05, 0) is 120 Å². The molecule has 0 atom stereocenters. The summed E-state index contributed by atoms with van der Waals surface area (Å²) in [5.41, 5.74) is 2.43. The number of ketones is 2. The van der Waals surface area contributed by atoms with Crippen molar-refractivity contribution in [3.8, 4) is 0 Å². The number of rotatable bonds is 14. The lowest BCUT2D eigenvalue weighted by Crippen LogP contribution is -2.29. The lowest BCUT2D eigenvalue weighted by atomic mass is 9.92. The van der Waals surface area contributed by atoms with Crippen molar-refractivity contribution in [1.29, 1.82) is 0 Å². The SMILES string of the molecule is O=C(Nc1cc(S(=O)(=O)O)cc2c1C(=O)/C(=N/Nc1ccc(Nc3ccc(N/N=C4\C(=O)c5c(cc(S(=O)(=O)O)cc5NC(=O)c5ccccc5)C=C4S(=O)(=O)O)cc3)cc1)C(S(=O)(=O)O)=C2)c1ccccc1. The Bertz CT molecular complexity index is 3670. The van der Waals surface area contributed by atoms with Gasteiger partial charge in [0.1, 0.15) is 9.81 Å². The van der Waals surface area contributed by atoms with E-state index < -0.39 is 117 Å². The van der Waals surface area contributed by atoms with E-state index in [-0.39, 0.29) is 33.6 Å². The smallest absolute Gasteiger partial charge is 0.296 e. The molecule has 0 spiro atoms. The molecule has 0 aliphatic heterocycles. The van der Waals surface area contributed by atoms with E-state index in [1.54, 1.807) is 36.4 Å². The molecule has 0 fully saturated rings. The Morgan fingerprint density at radius 3 is 1.07 bits per heavy atom. The summed E-state index contributed by atoms with van der Waals surface area (Å²) in [6.45, 7) is 0. The molecule has 8 rings (SSSR count). The first-order valence-electron chi connectivity index (χ1n) is 20.5. The average molecular weight is 1070 g/mol. The topological polar surface area (TPSA) is 371 Å². The van der Waals surface area contributed by atoms with E-state index in [9.17, 15) is 71.1 Å². The number of hydrogen-bond acceptors (Lipinski definition) is 17. The first kappa shape index (κ1) is 50.8. The van der Waals surface area contributed by atoms with Gasteiger partial charge in [-0.15, -0.1) is 0 Å². The number of hydrazone groups is 2. The molecule has 2 aliphatic carbocycles. The van der Waals surface area contributed by atoms with E-state index >= 15 is 0 Å². The molecule has 27 heteroatoms. The lowest BCUT2D eigenvalue weighted by molar-refractivity contribution is 0.101. The van der Waals surface area contributed by atoms with Crippen LogP contribution >= 0.6 is 0 Å². The predicted octanol–water partition coefficient (Wildman–Crippen LogP) is 6.21. The second-order valence-electron chi connectivity index (χ2n) is 15.5. The Hall–Kier alpha value is -8.54. The molecule has 0 saturated heterocycles. The number of amides is 2. The predicted molar refractivity (Wildman–Crippen MR) is 267 cm³/mol. The van der Waals surface area contributed by atoms with Crippen LogP contribution in [0.3, 0.4) is 0 Å². The Balaban J connectivity index is 1.00. The minimum absolute atomic E-state index is 0.103. The molecule has 23 nitrogen and oxygen atoms in total. The van der Waals surface area contributed by atoms with Gasteiger partial charge >= 0.3 is 0 Å². The van der Waals surface area contributed by atoms with Gasteiger partial charge in [0, 0.05) is 22.5 Å². The van der Waals surface area contributed by atoms with Gasteiger partial charge in [0.25, 0.3) is 52.3 Å². The highest BCUT2D eigenvalue weighted by Crippen LogP contribution is 2.36. The van der Waals surface area contributed by atoms with Crippen LogP contribution in [-0.2, 0) is 40.5 Å². The van der Waals surface area contributed by atoms with E-state index in [4.69, 9.17) is 0 Å². The summed E-state index contributed by atoms with van der Waals surface area (Å²) >= 11 is 0. The third kappa shape index (κ3) is 11.3. The van der Waals surface area contributed by atoms with Gasteiger partial charge in [-0.25, -0.2) is 0 Å². The van der Waals surface area contributed by atoms with Gasteiger partial charge in [0.15, 0.2) is 11.4 Å². The maximum Gasteiger partial charge on any atom is 0.296 e. The maximum atomic E-state index is 14.0. The standard InChI is InChI=1S/C46H33N7O16S4/c54-43-39-27(19-33(70(58,59)60)23-35(39)48-45(56)25-7-3-1-4-8-25)21-37(72(64,65)66)41(43)52-50-31-15-11-29(12-16-31)47-30-13-17-32(18-14-30)51-53-42-38(73(67,68)69)22-28-20-34(71(61,62)63)24-36(40(28)44(42)55)49-46(57)26-9-5-2-6-10-26/h1-24,47,50-51H,(H,48,56)(H,49,57)(H,58,59,60)(H,61,62,63)(H,64,65,66)(H,67,68,69)/b52-41-,53-42+. The second-order valence-corrected chi connectivity index (χ2v) is 21.1. The maximum absolute atomic E-state index is 14.0. The molecule has 2 aliphatic rings. The summed E-state index contributed by atoms with van der Waals surface area (Å²) < 4.78 is 139. The van der Waals surface area contributed by atoms with Crippen LogP contribution in [-0.4, -0.2) is 86.7 Å². The van der Waals surface area contributed by atoms with Crippen molar-refractivity contribution in [3.63, 3.8) is 0 Å². The van der Waals surface area contributed by atoms with Gasteiger partial charge in [-0.1, -0.05) is 36.4 Å². The molecule has 0 radical (unpaired) electrons. The summed E-state index contributed by atoms with van der Waals surface area (Å²) in [7, 11) is -20.4. The summed E-state index contributed by atoms with van der Waals surface area (Å²) in [4.78, 5) is 50.5. The molecule has 9 N–H and O–H groups in total. The second kappa shape index (κ2) is 19.6. The fourth-order valence-electron chi connectivity index (χ4n) is 7.22. The van der Waals surface area contributed by atoms with Crippen LogP contribution in [0, 0.1) is 0 Å². The molecule has 0 aromatic heterocycles. The number of nitrogens with one attached hydrogen (secondary N) is 5. The zero-order chi connectivity index (χ0) is 52.6. The highest BCUT2D eigenvalue weighted by atomic mass is 32.2. The minimum Gasteiger partial charge on any atom is -0.356 e. The van der Waals surface area contributed by atoms with Crippen molar-refractivity contribution in [3.05, 3.63) is 177 Å². The van der Waals surface area contributed by atoms with E-state index in [1.807, 2.05) is 0 Å². The van der Waals surface area contributed by atoms with Crippen molar-refractivity contribution < 1.29 is 71.1 Å². The zero-order valence-corrected chi connectivity index (χ0v) is 39.8. The molecule has 0 heterocycles. The van der Waals surface area contributed by atoms with Gasteiger partial charge in [-0.2, -0.15) is 43.9 Å². The number of carbonyl (C=O) groups excluding carboxylic acids is 4. The first-order valence-corrected chi connectivity index (χ1v) is 26.3. The van der Waals surface area contributed by atoms with E-state index in [2.05, 4.69) is 37.0 Å². The van der Waals surface area contributed by atoms with Crippen molar-refractivity contribution in [2.24, 2.45) is 10.2 Å². The van der Waals surface area contributed by atoms with Gasteiger partial charge < -0.3 is 16.0 Å². The van der Waals surface area contributed by atoms with Gasteiger partial charge in [0.05, 0.1) is 43.7 Å². The van der Waals surface area contributed by atoms with Crippen molar-refractivity contribution in [2.45, 2.75) is 9.79 Å². The molecule has 2 amide bonds. The fourth-order valence-corrected chi connectivity index (χ4v) is 9.62. The number of anilines is 6. The number of benzene rings is 6. The molecular formula is C46H33N7O16S4. The van der Waals surface area contributed by atoms with Crippen LogP contribution < -0.4 is 26.8 Å². The van der Waals surface area contributed by atoms with Crippen LogP contribution in [0.2, 0.25) is 0 Å².